The first kappa shape index (κ1) is 27.3. The minimum absolute atomic E-state index is 0.167. The van der Waals surface area contributed by atoms with Gasteiger partial charge in [-0.05, 0) is 66.3 Å². The maximum Gasteiger partial charge on any atom is 0.261 e. The molecule has 1 unspecified atom stereocenters. The molecule has 36 heavy (non-hydrogen) atoms. The topological polar surface area (TPSA) is 58.6 Å². The predicted octanol–water partition coefficient (Wildman–Crippen LogP) is 5.75. The molecule has 6 heteroatoms. The Kier molecular flexibility index (Phi) is 9.95. The monoisotopic (exact) mass is 506 g/mol. The number of ether oxygens (including phenoxy) is 1. The Bertz CT molecular complexity index is 1130. The van der Waals surface area contributed by atoms with Crippen LogP contribution in [0.1, 0.15) is 36.1 Å². The minimum Gasteiger partial charge on any atom is -0.484 e. The van der Waals surface area contributed by atoms with Crippen LogP contribution >= 0.6 is 11.6 Å². The first-order chi connectivity index (χ1) is 17.2. The summed E-state index contributed by atoms with van der Waals surface area (Å²) in [7, 11) is 0. The average molecular weight is 507 g/mol. The molecular formula is C30H35ClN2O3. The summed E-state index contributed by atoms with van der Waals surface area (Å²) >= 11 is 6.08. The van der Waals surface area contributed by atoms with E-state index in [9.17, 15) is 9.59 Å². The van der Waals surface area contributed by atoms with Gasteiger partial charge in [-0.3, -0.25) is 9.59 Å². The molecule has 0 saturated carbocycles. The van der Waals surface area contributed by atoms with Crippen molar-refractivity contribution in [1.82, 2.24) is 10.2 Å². The highest BCUT2D eigenvalue weighted by molar-refractivity contribution is 6.30. The van der Waals surface area contributed by atoms with Crippen molar-refractivity contribution in [3.05, 3.63) is 100 Å². The lowest BCUT2D eigenvalue weighted by Gasteiger charge is -2.31. The minimum atomic E-state index is -0.697. The lowest BCUT2D eigenvalue weighted by atomic mass is 10.0. The van der Waals surface area contributed by atoms with E-state index >= 15 is 0 Å². The molecule has 0 radical (unpaired) electrons. The summed E-state index contributed by atoms with van der Waals surface area (Å²) in [5.41, 5.74) is 3.98. The highest BCUT2D eigenvalue weighted by Gasteiger charge is 2.30. The van der Waals surface area contributed by atoms with E-state index in [2.05, 4.69) is 11.4 Å². The molecular weight excluding hydrogens is 472 g/mol. The summed E-state index contributed by atoms with van der Waals surface area (Å²) in [5, 5.41) is 3.64. The summed E-state index contributed by atoms with van der Waals surface area (Å²) in [6.45, 7) is 8.69. The fourth-order valence-electron chi connectivity index (χ4n) is 4.01. The van der Waals surface area contributed by atoms with Gasteiger partial charge in [0.15, 0.2) is 6.61 Å². The molecule has 0 aliphatic rings. The number of halogens is 1. The van der Waals surface area contributed by atoms with Crippen molar-refractivity contribution in [2.75, 3.05) is 13.2 Å². The highest BCUT2D eigenvalue weighted by atomic mass is 35.5. The fraction of sp³-hybridized carbons (Fsp3) is 0.333. The number of hydrogen-bond donors (Lipinski definition) is 1. The van der Waals surface area contributed by atoms with Gasteiger partial charge in [0, 0.05) is 24.5 Å². The Balaban J connectivity index is 1.90. The van der Waals surface area contributed by atoms with Crippen molar-refractivity contribution in [3.8, 4) is 5.75 Å². The molecule has 0 aliphatic carbocycles. The van der Waals surface area contributed by atoms with Crippen molar-refractivity contribution >= 4 is 23.4 Å². The van der Waals surface area contributed by atoms with E-state index in [-0.39, 0.29) is 25.0 Å². The van der Waals surface area contributed by atoms with Crippen molar-refractivity contribution in [2.24, 2.45) is 5.92 Å². The van der Waals surface area contributed by atoms with Crippen LogP contribution in [0.25, 0.3) is 0 Å². The Morgan fingerprint density at radius 2 is 1.56 bits per heavy atom. The molecule has 1 N–H and O–H groups in total. The number of nitrogens with zero attached hydrogens (tertiary/aromatic N) is 1. The highest BCUT2D eigenvalue weighted by Crippen LogP contribution is 2.19. The van der Waals surface area contributed by atoms with Crippen molar-refractivity contribution in [2.45, 2.75) is 46.7 Å². The average Bonchev–Trinajstić information content (AvgIpc) is 2.84. The zero-order chi connectivity index (χ0) is 26.1. The van der Waals surface area contributed by atoms with Crippen molar-refractivity contribution < 1.29 is 14.3 Å². The predicted molar refractivity (Wildman–Crippen MR) is 145 cm³/mol. The van der Waals surface area contributed by atoms with Gasteiger partial charge >= 0.3 is 0 Å². The number of benzene rings is 3. The molecule has 0 fully saturated rings. The van der Waals surface area contributed by atoms with Gasteiger partial charge < -0.3 is 15.0 Å². The molecule has 2 amide bonds. The molecule has 1 atom stereocenters. The van der Waals surface area contributed by atoms with Gasteiger partial charge in [-0.15, -0.1) is 0 Å². The standard InChI is InChI=1S/C30H35ClN2O3/c1-21(2)18-32-30(35)28(17-24-8-6-5-7-9-24)33(19-25-10-12-26(31)13-11-25)29(34)20-36-27-15-22(3)14-23(4)16-27/h5-16,21,28H,17-20H2,1-4H3,(H,32,35). The zero-order valence-corrected chi connectivity index (χ0v) is 22.2. The van der Waals surface area contributed by atoms with Crippen LogP contribution in [0.15, 0.2) is 72.8 Å². The third-order valence-electron chi connectivity index (χ3n) is 5.78. The van der Waals surface area contributed by atoms with Crippen LogP contribution in [0.5, 0.6) is 5.75 Å². The van der Waals surface area contributed by atoms with E-state index in [1.54, 1.807) is 17.0 Å². The second kappa shape index (κ2) is 13.1. The summed E-state index contributed by atoms with van der Waals surface area (Å²) in [5.74, 6) is 0.488. The van der Waals surface area contributed by atoms with Crippen LogP contribution in [0.3, 0.4) is 0 Å². The van der Waals surface area contributed by atoms with Crippen LogP contribution in [0.4, 0.5) is 0 Å². The molecule has 0 aromatic heterocycles. The van der Waals surface area contributed by atoms with Gasteiger partial charge in [0.25, 0.3) is 5.91 Å². The Morgan fingerprint density at radius 1 is 0.917 bits per heavy atom. The number of hydrogen-bond acceptors (Lipinski definition) is 3. The normalized spacial score (nSPS) is 11.7. The van der Waals surface area contributed by atoms with E-state index in [1.165, 1.54) is 0 Å². The number of aryl methyl sites for hydroxylation is 2. The van der Waals surface area contributed by atoms with Crippen molar-refractivity contribution in [3.63, 3.8) is 0 Å². The van der Waals surface area contributed by atoms with E-state index < -0.39 is 6.04 Å². The van der Waals surface area contributed by atoms with Gasteiger partial charge in [0.2, 0.25) is 5.91 Å². The molecule has 0 bridgehead atoms. The van der Waals surface area contributed by atoms with Gasteiger partial charge in [-0.1, -0.05) is 74.0 Å². The third kappa shape index (κ3) is 8.42. The first-order valence-corrected chi connectivity index (χ1v) is 12.7. The van der Waals surface area contributed by atoms with E-state index in [1.807, 2.05) is 82.3 Å². The molecule has 0 aliphatic heterocycles. The number of carbonyl (C=O) groups excluding carboxylic acids is 2. The van der Waals surface area contributed by atoms with Crippen LogP contribution < -0.4 is 10.1 Å². The Labute approximate surface area is 219 Å². The molecule has 3 aromatic carbocycles. The van der Waals surface area contributed by atoms with Gasteiger partial charge in [0.05, 0.1) is 0 Å². The lowest BCUT2D eigenvalue weighted by molar-refractivity contribution is -0.142. The summed E-state index contributed by atoms with van der Waals surface area (Å²) < 4.78 is 5.90. The van der Waals surface area contributed by atoms with E-state index in [0.29, 0.717) is 29.7 Å². The van der Waals surface area contributed by atoms with Crippen LogP contribution in [-0.4, -0.2) is 35.9 Å². The van der Waals surface area contributed by atoms with E-state index in [4.69, 9.17) is 16.3 Å². The fourth-order valence-corrected chi connectivity index (χ4v) is 4.13. The molecule has 190 valence electrons. The first-order valence-electron chi connectivity index (χ1n) is 12.3. The SMILES string of the molecule is Cc1cc(C)cc(OCC(=O)N(Cc2ccc(Cl)cc2)C(Cc2ccccc2)C(=O)NCC(C)C)c1. The van der Waals surface area contributed by atoms with Gasteiger partial charge in [-0.2, -0.15) is 0 Å². The number of carbonyl (C=O) groups is 2. The maximum atomic E-state index is 13.6. The van der Waals surface area contributed by atoms with Gasteiger partial charge in [-0.25, -0.2) is 0 Å². The van der Waals surface area contributed by atoms with Crippen molar-refractivity contribution in [1.29, 1.82) is 0 Å². The Morgan fingerprint density at radius 3 is 2.17 bits per heavy atom. The summed E-state index contributed by atoms with van der Waals surface area (Å²) in [6.07, 6.45) is 0.396. The van der Waals surface area contributed by atoms with Crippen LogP contribution in [-0.2, 0) is 22.6 Å². The molecule has 3 aromatic rings. The molecule has 3 rings (SSSR count). The molecule has 0 spiro atoms. The third-order valence-corrected chi connectivity index (χ3v) is 6.03. The van der Waals surface area contributed by atoms with Gasteiger partial charge in [0.1, 0.15) is 11.8 Å². The number of amides is 2. The molecule has 0 saturated heterocycles. The number of rotatable bonds is 11. The summed E-state index contributed by atoms with van der Waals surface area (Å²) in [6, 6.07) is 22.2. The Hall–Kier alpha value is -3.31. The second-order valence-corrected chi connectivity index (χ2v) is 10.0. The van der Waals surface area contributed by atoms with Crippen LogP contribution in [0.2, 0.25) is 5.02 Å². The quantitative estimate of drug-likeness (QED) is 0.360. The largest absolute Gasteiger partial charge is 0.484 e. The van der Waals surface area contributed by atoms with Crippen LogP contribution in [0, 0.1) is 19.8 Å². The zero-order valence-electron chi connectivity index (χ0n) is 21.5. The second-order valence-electron chi connectivity index (χ2n) is 9.60. The smallest absolute Gasteiger partial charge is 0.261 e. The molecule has 5 nitrogen and oxygen atoms in total. The lowest BCUT2D eigenvalue weighted by Crippen LogP contribution is -2.52. The van der Waals surface area contributed by atoms with E-state index in [0.717, 1.165) is 22.3 Å². The number of nitrogens with one attached hydrogen (secondary N) is 1. The summed E-state index contributed by atoms with van der Waals surface area (Å²) in [4.78, 5) is 28.7. The molecule has 0 heterocycles. The maximum absolute atomic E-state index is 13.6.